The second-order valence-corrected chi connectivity index (χ2v) is 3.75. The van der Waals surface area contributed by atoms with Gasteiger partial charge < -0.3 is 5.11 Å². The van der Waals surface area contributed by atoms with Crippen LogP contribution >= 0.6 is 0 Å². The Balaban J connectivity index is 2.28. The van der Waals surface area contributed by atoms with E-state index in [1.54, 1.807) is 6.92 Å². The smallest absolute Gasteiger partial charge is 0.248 e. The molecular formula is C9H14F2O. The molecule has 1 unspecified atom stereocenters. The second kappa shape index (κ2) is 3.13. The number of alkyl halides is 2. The van der Waals surface area contributed by atoms with Crippen LogP contribution in [0.2, 0.25) is 0 Å². The van der Waals surface area contributed by atoms with Crippen molar-refractivity contribution in [2.24, 2.45) is 5.92 Å². The van der Waals surface area contributed by atoms with Crippen LogP contribution in [0.1, 0.15) is 26.2 Å². The lowest BCUT2D eigenvalue weighted by Crippen LogP contribution is -2.42. The Morgan fingerprint density at radius 1 is 1.67 bits per heavy atom. The first-order valence-electron chi connectivity index (χ1n) is 4.11. The minimum atomic E-state index is -2.53. The average molecular weight is 176 g/mol. The fourth-order valence-corrected chi connectivity index (χ4v) is 1.50. The molecule has 0 amide bonds. The largest absolute Gasteiger partial charge is 0.393 e. The first-order chi connectivity index (χ1) is 5.41. The van der Waals surface area contributed by atoms with E-state index < -0.39 is 12.0 Å². The van der Waals surface area contributed by atoms with Crippen molar-refractivity contribution in [3.8, 4) is 0 Å². The van der Waals surface area contributed by atoms with Crippen LogP contribution < -0.4 is 0 Å². The molecule has 1 aliphatic rings. The third kappa shape index (κ3) is 2.27. The van der Waals surface area contributed by atoms with Gasteiger partial charge in [-0.05, 0) is 19.3 Å². The third-order valence-electron chi connectivity index (χ3n) is 2.22. The summed E-state index contributed by atoms with van der Waals surface area (Å²) in [7, 11) is 0. The van der Waals surface area contributed by atoms with Crippen molar-refractivity contribution in [3.05, 3.63) is 12.2 Å². The van der Waals surface area contributed by atoms with Gasteiger partial charge in [-0.2, -0.15) is 0 Å². The van der Waals surface area contributed by atoms with E-state index in [1.807, 2.05) is 0 Å². The second-order valence-electron chi connectivity index (χ2n) is 3.75. The zero-order chi connectivity index (χ0) is 9.35. The van der Waals surface area contributed by atoms with Crippen molar-refractivity contribution in [3.63, 3.8) is 0 Å². The summed E-state index contributed by atoms with van der Waals surface area (Å²) in [4.78, 5) is 0. The van der Waals surface area contributed by atoms with Crippen molar-refractivity contribution < 1.29 is 13.9 Å². The maximum absolute atomic E-state index is 12.4. The predicted octanol–water partition coefficient (Wildman–Crippen LogP) is 2.36. The van der Waals surface area contributed by atoms with Crippen molar-refractivity contribution in [2.45, 2.75) is 38.2 Å². The van der Waals surface area contributed by atoms with Crippen LogP contribution in [-0.2, 0) is 0 Å². The van der Waals surface area contributed by atoms with Crippen LogP contribution in [0.15, 0.2) is 12.2 Å². The molecular weight excluding hydrogens is 162 g/mol. The number of halogens is 2. The molecule has 1 fully saturated rings. The van der Waals surface area contributed by atoms with Gasteiger partial charge in [-0.25, -0.2) is 8.78 Å². The molecule has 0 bridgehead atoms. The van der Waals surface area contributed by atoms with E-state index in [4.69, 9.17) is 0 Å². The van der Waals surface area contributed by atoms with Gasteiger partial charge in [0, 0.05) is 12.8 Å². The molecule has 0 spiro atoms. The fourth-order valence-electron chi connectivity index (χ4n) is 1.50. The Labute approximate surface area is 71.1 Å². The Morgan fingerprint density at radius 2 is 2.17 bits per heavy atom. The number of aliphatic hydroxyl groups excluding tert-OH is 1. The van der Waals surface area contributed by atoms with Crippen molar-refractivity contribution in [2.75, 3.05) is 0 Å². The van der Waals surface area contributed by atoms with Crippen LogP contribution in [0.25, 0.3) is 0 Å². The molecule has 0 aliphatic heterocycles. The summed E-state index contributed by atoms with van der Waals surface area (Å²) in [5.74, 6) is -2.75. The molecule has 1 nitrogen and oxygen atoms in total. The van der Waals surface area contributed by atoms with Gasteiger partial charge in [0.1, 0.15) is 0 Å². The molecule has 0 saturated heterocycles. The van der Waals surface area contributed by atoms with E-state index in [2.05, 4.69) is 6.58 Å². The monoisotopic (exact) mass is 176 g/mol. The molecule has 70 valence electrons. The van der Waals surface area contributed by atoms with E-state index in [0.29, 0.717) is 6.42 Å². The highest BCUT2D eigenvalue weighted by Crippen LogP contribution is 2.44. The SMILES string of the molecule is C=C(C)CC(O)C1CC(F)(F)C1. The summed E-state index contributed by atoms with van der Waals surface area (Å²) in [5, 5.41) is 9.38. The standard InChI is InChI=1S/C9H14F2O/c1-6(2)3-8(12)7-4-9(10,11)5-7/h7-8,12H,1,3-5H2,2H3. The minimum absolute atomic E-state index is 0.165. The molecule has 0 radical (unpaired) electrons. The van der Waals surface area contributed by atoms with E-state index in [1.165, 1.54) is 0 Å². The van der Waals surface area contributed by atoms with Crippen LogP contribution in [-0.4, -0.2) is 17.1 Å². The molecule has 12 heavy (non-hydrogen) atoms. The number of aliphatic hydroxyl groups is 1. The Morgan fingerprint density at radius 3 is 2.50 bits per heavy atom. The van der Waals surface area contributed by atoms with E-state index >= 15 is 0 Å². The van der Waals surface area contributed by atoms with Crippen LogP contribution in [0, 0.1) is 5.92 Å². The first-order valence-corrected chi connectivity index (χ1v) is 4.11. The van der Waals surface area contributed by atoms with Crippen molar-refractivity contribution in [1.29, 1.82) is 0 Å². The summed E-state index contributed by atoms with van der Waals surface area (Å²) >= 11 is 0. The lowest BCUT2D eigenvalue weighted by Gasteiger charge is -2.37. The zero-order valence-corrected chi connectivity index (χ0v) is 7.19. The summed E-state index contributed by atoms with van der Waals surface area (Å²) in [5.41, 5.74) is 0.845. The quantitative estimate of drug-likeness (QED) is 0.654. The highest BCUT2D eigenvalue weighted by molar-refractivity contribution is 4.97. The topological polar surface area (TPSA) is 20.2 Å². The Bertz CT molecular complexity index is 181. The maximum Gasteiger partial charge on any atom is 0.248 e. The van der Waals surface area contributed by atoms with Crippen molar-refractivity contribution >= 4 is 0 Å². The average Bonchev–Trinajstić information content (AvgIpc) is 1.80. The number of rotatable bonds is 3. The molecule has 0 heterocycles. The molecule has 1 rings (SSSR count). The summed E-state index contributed by atoms with van der Waals surface area (Å²) in [6, 6.07) is 0. The number of hydrogen-bond donors (Lipinski definition) is 1. The minimum Gasteiger partial charge on any atom is -0.393 e. The Hall–Kier alpha value is -0.440. The summed E-state index contributed by atoms with van der Waals surface area (Å²) in [6.45, 7) is 5.42. The molecule has 1 aliphatic carbocycles. The van der Waals surface area contributed by atoms with Crippen LogP contribution in [0.3, 0.4) is 0 Å². The normalized spacial score (nSPS) is 24.7. The highest BCUT2D eigenvalue weighted by atomic mass is 19.3. The van der Waals surface area contributed by atoms with Gasteiger partial charge in [0.15, 0.2) is 0 Å². The van der Waals surface area contributed by atoms with Crippen molar-refractivity contribution in [1.82, 2.24) is 0 Å². The Kier molecular flexibility index (Phi) is 2.52. The molecule has 1 N–H and O–H groups in total. The summed E-state index contributed by atoms with van der Waals surface area (Å²) < 4.78 is 24.7. The fraction of sp³-hybridized carbons (Fsp3) is 0.778. The highest BCUT2D eigenvalue weighted by Gasteiger charge is 2.47. The molecule has 0 aromatic carbocycles. The van der Waals surface area contributed by atoms with Gasteiger partial charge in [0.05, 0.1) is 6.10 Å². The van der Waals surface area contributed by atoms with Crippen LogP contribution in [0.4, 0.5) is 8.78 Å². The first kappa shape index (κ1) is 9.65. The molecule has 1 saturated carbocycles. The van der Waals surface area contributed by atoms with E-state index in [-0.39, 0.29) is 18.8 Å². The lowest BCUT2D eigenvalue weighted by atomic mass is 9.76. The third-order valence-corrected chi connectivity index (χ3v) is 2.22. The van der Waals surface area contributed by atoms with E-state index in [9.17, 15) is 13.9 Å². The van der Waals surface area contributed by atoms with Gasteiger partial charge in [-0.3, -0.25) is 0 Å². The molecule has 0 aromatic rings. The van der Waals surface area contributed by atoms with Crippen LogP contribution in [0.5, 0.6) is 0 Å². The van der Waals surface area contributed by atoms with Gasteiger partial charge in [-0.15, -0.1) is 6.58 Å². The van der Waals surface area contributed by atoms with Gasteiger partial charge >= 0.3 is 0 Å². The molecule has 3 heteroatoms. The molecule has 0 aromatic heterocycles. The molecule has 1 atom stereocenters. The van der Waals surface area contributed by atoms with Gasteiger partial charge in [-0.1, -0.05) is 5.57 Å². The zero-order valence-electron chi connectivity index (χ0n) is 7.19. The lowest BCUT2D eigenvalue weighted by molar-refractivity contribution is -0.140. The summed E-state index contributed by atoms with van der Waals surface area (Å²) in [6.07, 6.45) is -0.508. The predicted molar refractivity (Wildman–Crippen MR) is 43.1 cm³/mol. The number of hydrogen-bond acceptors (Lipinski definition) is 1. The van der Waals surface area contributed by atoms with Gasteiger partial charge in [0.25, 0.3) is 0 Å². The van der Waals surface area contributed by atoms with Gasteiger partial charge in [0.2, 0.25) is 5.92 Å². The van der Waals surface area contributed by atoms with E-state index in [0.717, 1.165) is 5.57 Å². The maximum atomic E-state index is 12.4.